The van der Waals surface area contributed by atoms with Gasteiger partial charge in [-0.15, -0.1) is 0 Å². The molecule has 0 spiro atoms. The largest absolute Gasteiger partial charge is 0.385 e. The summed E-state index contributed by atoms with van der Waals surface area (Å²) in [6, 6.07) is 2.92. The van der Waals surface area contributed by atoms with Crippen LogP contribution in [0.15, 0.2) is 12.1 Å². The molecule has 2 unspecified atom stereocenters. The third kappa shape index (κ3) is 2.23. The van der Waals surface area contributed by atoms with Crippen molar-refractivity contribution in [3.63, 3.8) is 0 Å². The van der Waals surface area contributed by atoms with Crippen molar-refractivity contribution in [1.29, 1.82) is 0 Å². The first-order valence-electron chi connectivity index (χ1n) is 6.75. The van der Waals surface area contributed by atoms with Gasteiger partial charge in [-0.2, -0.15) is 4.39 Å². The lowest BCUT2D eigenvalue weighted by Crippen LogP contribution is -2.47. The molecule has 19 heavy (non-hydrogen) atoms. The first-order chi connectivity index (χ1) is 8.99. The SMILES string of the molecule is Cc1nc(F)ccc1C1(O)CC2CCCC(C1)S2=O. The van der Waals surface area contributed by atoms with Gasteiger partial charge in [-0.25, -0.2) is 4.98 Å². The zero-order valence-corrected chi connectivity index (χ0v) is 11.8. The smallest absolute Gasteiger partial charge is 0.213 e. The van der Waals surface area contributed by atoms with Crippen LogP contribution in [0.2, 0.25) is 0 Å². The van der Waals surface area contributed by atoms with E-state index < -0.39 is 22.3 Å². The van der Waals surface area contributed by atoms with Crippen LogP contribution in [0.25, 0.3) is 0 Å². The first kappa shape index (κ1) is 13.2. The molecule has 2 aliphatic rings. The second-order valence-electron chi connectivity index (χ2n) is 5.71. The second kappa shape index (κ2) is 4.63. The molecule has 0 amide bonds. The van der Waals surface area contributed by atoms with Gasteiger partial charge in [-0.3, -0.25) is 4.21 Å². The summed E-state index contributed by atoms with van der Waals surface area (Å²) in [5.41, 5.74) is 0.241. The van der Waals surface area contributed by atoms with E-state index in [1.54, 1.807) is 13.0 Å². The highest BCUT2D eigenvalue weighted by molar-refractivity contribution is 7.86. The fraction of sp³-hybridized carbons (Fsp3) is 0.643. The third-order valence-electron chi connectivity index (χ3n) is 4.39. The molecule has 0 radical (unpaired) electrons. The number of rotatable bonds is 1. The van der Waals surface area contributed by atoms with Crippen molar-refractivity contribution in [1.82, 2.24) is 4.98 Å². The van der Waals surface area contributed by atoms with Gasteiger partial charge in [0.2, 0.25) is 5.95 Å². The quantitative estimate of drug-likeness (QED) is 0.804. The number of aliphatic hydroxyl groups is 1. The Bertz CT molecular complexity index is 518. The average Bonchev–Trinajstić information content (AvgIpc) is 2.31. The summed E-state index contributed by atoms with van der Waals surface area (Å²) in [6.45, 7) is 1.72. The Morgan fingerprint density at radius 3 is 2.58 bits per heavy atom. The lowest BCUT2D eigenvalue weighted by molar-refractivity contribution is 0.00551. The molecule has 3 nitrogen and oxygen atoms in total. The van der Waals surface area contributed by atoms with Crippen LogP contribution in [0.1, 0.15) is 43.4 Å². The molecular formula is C14H18FNO2S. The fourth-order valence-electron chi connectivity index (χ4n) is 3.52. The number of pyridine rings is 1. The first-order valence-corrected chi connectivity index (χ1v) is 8.02. The van der Waals surface area contributed by atoms with E-state index in [1.807, 2.05) is 0 Å². The van der Waals surface area contributed by atoms with Crippen LogP contribution in [0.4, 0.5) is 4.39 Å². The monoisotopic (exact) mass is 283 g/mol. The van der Waals surface area contributed by atoms with Gasteiger partial charge in [-0.1, -0.05) is 6.42 Å². The minimum atomic E-state index is -0.992. The maximum Gasteiger partial charge on any atom is 0.213 e. The average molecular weight is 283 g/mol. The molecule has 2 aliphatic heterocycles. The summed E-state index contributed by atoms with van der Waals surface area (Å²) in [4.78, 5) is 3.80. The molecular weight excluding hydrogens is 265 g/mol. The van der Waals surface area contributed by atoms with Crippen molar-refractivity contribution in [2.24, 2.45) is 0 Å². The van der Waals surface area contributed by atoms with Crippen LogP contribution in [0.5, 0.6) is 0 Å². The highest BCUT2D eigenvalue weighted by Gasteiger charge is 2.47. The molecule has 5 heteroatoms. The molecule has 2 saturated heterocycles. The zero-order valence-electron chi connectivity index (χ0n) is 10.9. The molecule has 1 aromatic heterocycles. The number of aromatic nitrogens is 1. The molecule has 3 rings (SSSR count). The minimum Gasteiger partial charge on any atom is -0.385 e. The Kier molecular flexibility index (Phi) is 3.21. The Hall–Kier alpha value is -0.810. The van der Waals surface area contributed by atoms with Crippen LogP contribution < -0.4 is 0 Å². The summed E-state index contributed by atoms with van der Waals surface area (Å²) in [6.07, 6.45) is 3.94. The maximum atomic E-state index is 13.1. The van der Waals surface area contributed by atoms with Crippen LogP contribution in [-0.4, -0.2) is 24.8 Å². The molecule has 1 aromatic rings. The number of hydrogen-bond acceptors (Lipinski definition) is 3. The molecule has 2 bridgehead atoms. The molecule has 104 valence electrons. The van der Waals surface area contributed by atoms with Crippen LogP contribution in [-0.2, 0) is 16.4 Å². The van der Waals surface area contributed by atoms with Crippen molar-refractivity contribution in [3.05, 3.63) is 29.3 Å². The minimum absolute atomic E-state index is 0.0713. The predicted octanol–water partition coefficient (Wildman–Crippen LogP) is 2.18. The molecule has 0 saturated carbocycles. The lowest BCUT2D eigenvalue weighted by atomic mass is 9.80. The van der Waals surface area contributed by atoms with Crippen LogP contribution in [0.3, 0.4) is 0 Å². The van der Waals surface area contributed by atoms with E-state index in [4.69, 9.17) is 0 Å². The molecule has 2 atom stereocenters. The topological polar surface area (TPSA) is 50.2 Å². The van der Waals surface area contributed by atoms with Gasteiger partial charge >= 0.3 is 0 Å². The van der Waals surface area contributed by atoms with Gasteiger partial charge in [0.25, 0.3) is 0 Å². The number of hydrogen-bond donors (Lipinski definition) is 1. The van der Waals surface area contributed by atoms with Gasteiger partial charge in [0.1, 0.15) is 0 Å². The van der Waals surface area contributed by atoms with Crippen molar-refractivity contribution >= 4 is 10.8 Å². The number of aryl methyl sites for hydroxylation is 1. The molecule has 0 aliphatic carbocycles. The summed E-state index contributed by atoms with van der Waals surface area (Å²) in [5.74, 6) is -0.524. The van der Waals surface area contributed by atoms with Crippen molar-refractivity contribution in [3.8, 4) is 0 Å². The summed E-state index contributed by atoms with van der Waals surface area (Å²) in [5, 5.41) is 11.1. The Morgan fingerprint density at radius 2 is 2.00 bits per heavy atom. The normalized spacial score (nSPS) is 38.2. The van der Waals surface area contributed by atoms with E-state index in [0.29, 0.717) is 24.1 Å². The Labute approximate surface area is 114 Å². The predicted molar refractivity (Wildman–Crippen MR) is 71.6 cm³/mol. The van der Waals surface area contributed by atoms with E-state index in [9.17, 15) is 13.7 Å². The van der Waals surface area contributed by atoms with Crippen LogP contribution >= 0.6 is 0 Å². The van der Waals surface area contributed by atoms with Gasteiger partial charge in [0.05, 0.1) is 5.60 Å². The van der Waals surface area contributed by atoms with E-state index in [-0.39, 0.29) is 10.5 Å². The van der Waals surface area contributed by atoms with Gasteiger partial charge < -0.3 is 5.11 Å². The van der Waals surface area contributed by atoms with E-state index in [2.05, 4.69) is 4.98 Å². The third-order valence-corrected chi connectivity index (χ3v) is 6.51. The van der Waals surface area contributed by atoms with Crippen LogP contribution in [0, 0.1) is 12.9 Å². The highest BCUT2D eigenvalue weighted by Crippen LogP contribution is 2.44. The fourth-order valence-corrected chi connectivity index (χ4v) is 5.75. The van der Waals surface area contributed by atoms with Gasteiger partial charge in [0.15, 0.2) is 0 Å². The number of fused-ring (bicyclic) bond motifs is 2. The zero-order chi connectivity index (χ0) is 13.6. The standard InChI is InChI=1S/C14H18FNO2S/c1-9-12(5-6-13(15)16-9)14(17)7-10-3-2-4-11(8-14)19(10)18/h5-6,10-11,17H,2-4,7-8H2,1H3. The van der Waals surface area contributed by atoms with Crippen molar-refractivity contribution in [2.45, 2.75) is 55.1 Å². The van der Waals surface area contributed by atoms with Gasteiger partial charge in [-0.05, 0) is 44.7 Å². The maximum absolute atomic E-state index is 13.1. The molecule has 2 fully saturated rings. The summed E-state index contributed by atoms with van der Waals surface area (Å²) in [7, 11) is -0.822. The molecule has 0 aromatic carbocycles. The molecule has 1 N–H and O–H groups in total. The number of nitrogens with zero attached hydrogens (tertiary/aromatic N) is 1. The Morgan fingerprint density at radius 1 is 1.37 bits per heavy atom. The summed E-state index contributed by atoms with van der Waals surface area (Å²) < 4.78 is 25.3. The summed E-state index contributed by atoms with van der Waals surface area (Å²) >= 11 is 0. The highest BCUT2D eigenvalue weighted by atomic mass is 32.2. The van der Waals surface area contributed by atoms with E-state index in [0.717, 1.165) is 19.3 Å². The second-order valence-corrected chi connectivity index (χ2v) is 7.70. The van der Waals surface area contributed by atoms with E-state index >= 15 is 0 Å². The lowest BCUT2D eigenvalue weighted by Gasteiger charge is -2.44. The van der Waals surface area contributed by atoms with Crippen molar-refractivity contribution in [2.75, 3.05) is 0 Å². The number of halogens is 1. The Balaban J connectivity index is 1.97. The van der Waals surface area contributed by atoms with Crippen molar-refractivity contribution < 1.29 is 13.7 Å². The van der Waals surface area contributed by atoms with Gasteiger partial charge in [0, 0.05) is 32.6 Å². The van der Waals surface area contributed by atoms with E-state index in [1.165, 1.54) is 6.07 Å². The molecule has 3 heterocycles.